The Hall–Kier alpha value is -1.31. The van der Waals surface area contributed by atoms with Crippen LogP contribution in [0.15, 0.2) is 24.3 Å². The van der Waals surface area contributed by atoms with Crippen LogP contribution in [0.5, 0.6) is 0 Å². The van der Waals surface area contributed by atoms with Gasteiger partial charge in [-0.1, -0.05) is 38.1 Å². The maximum absolute atomic E-state index is 12.3. The molecular weight excluding hydrogens is 246 g/mol. The molecule has 1 fully saturated rings. The van der Waals surface area contributed by atoms with Crippen LogP contribution >= 0.6 is 0 Å². The number of rotatable bonds is 8. The molecule has 20 heavy (non-hydrogen) atoms. The van der Waals surface area contributed by atoms with E-state index in [9.17, 15) is 4.79 Å². The molecule has 0 aliphatic heterocycles. The highest BCUT2D eigenvalue weighted by Gasteiger charge is 2.26. The Bertz CT molecular complexity index is 420. The lowest BCUT2D eigenvalue weighted by atomic mass is 10.1. The zero-order valence-electron chi connectivity index (χ0n) is 12.9. The average Bonchev–Trinajstić information content (AvgIpc) is 3.29. The molecule has 1 amide bonds. The molecular formula is C18H27NO. The van der Waals surface area contributed by atoms with E-state index >= 15 is 0 Å². The van der Waals surface area contributed by atoms with Crippen LogP contribution in [-0.4, -0.2) is 23.9 Å². The Morgan fingerprint density at radius 1 is 1.15 bits per heavy atom. The average molecular weight is 273 g/mol. The molecule has 0 saturated heterocycles. The molecule has 0 unspecified atom stereocenters. The minimum absolute atomic E-state index is 0.332. The first-order chi connectivity index (χ1) is 9.72. The number of carbonyl (C=O) groups is 1. The van der Waals surface area contributed by atoms with Crippen LogP contribution in [-0.2, 0) is 17.6 Å². The van der Waals surface area contributed by atoms with E-state index in [4.69, 9.17) is 0 Å². The molecule has 1 saturated carbocycles. The van der Waals surface area contributed by atoms with Gasteiger partial charge in [-0.25, -0.2) is 0 Å². The van der Waals surface area contributed by atoms with Crippen molar-refractivity contribution in [3.63, 3.8) is 0 Å². The molecule has 0 aromatic heterocycles. The predicted molar refractivity (Wildman–Crippen MR) is 83.7 cm³/mol. The second-order valence-electron chi connectivity index (χ2n) is 5.95. The molecule has 2 nitrogen and oxygen atoms in total. The van der Waals surface area contributed by atoms with Crippen molar-refractivity contribution in [1.82, 2.24) is 4.90 Å². The number of aryl methyl sites for hydroxylation is 2. The van der Waals surface area contributed by atoms with Crippen molar-refractivity contribution < 1.29 is 4.79 Å². The molecule has 0 atom stereocenters. The predicted octanol–water partition coefficient (Wildman–Crippen LogP) is 3.83. The first-order valence-corrected chi connectivity index (χ1v) is 8.08. The summed E-state index contributed by atoms with van der Waals surface area (Å²) in [6.07, 6.45) is 6.28. The van der Waals surface area contributed by atoms with Gasteiger partial charge in [-0.3, -0.25) is 4.79 Å². The van der Waals surface area contributed by atoms with Crippen LogP contribution < -0.4 is 0 Å². The van der Waals surface area contributed by atoms with Gasteiger partial charge in [-0.2, -0.15) is 0 Å². The van der Waals surface area contributed by atoms with Crippen molar-refractivity contribution in [2.75, 3.05) is 13.1 Å². The second kappa shape index (κ2) is 7.47. The van der Waals surface area contributed by atoms with Gasteiger partial charge in [-0.15, -0.1) is 0 Å². The van der Waals surface area contributed by atoms with Crippen molar-refractivity contribution in [1.29, 1.82) is 0 Å². The van der Waals surface area contributed by atoms with Crippen LogP contribution in [0.4, 0.5) is 0 Å². The van der Waals surface area contributed by atoms with E-state index in [1.807, 2.05) is 0 Å². The van der Waals surface area contributed by atoms with Crippen LogP contribution in [0.1, 0.15) is 50.7 Å². The first-order valence-electron chi connectivity index (χ1n) is 8.08. The number of carbonyl (C=O) groups excluding carboxylic acids is 1. The summed E-state index contributed by atoms with van der Waals surface area (Å²) >= 11 is 0. The Morgan fingerprint density at radius 2 is 1.80 bits per heavy atom. The lowest BCUT2D eigenvalue weighted by molar-refractivity contribution is -0.131. The number of benzene rings is 1. The van der Waals surface area contributed by atoms with Crippen molar-refractivity contribution in [2.45, 2.75) is 52.4 Å². The minimum Gasteiger partial charge on any atom is -0.342 e. The molecule has 110 valence electrons. The van der Waals surface area contributed by atoms with Gasteiger partial charge in [0.2, 0.25) is 5.91 Å². The van der Waals surface area contributed by atoms with E-state index in [0.29, 0.717) is 12.3 Å². The molecule has 0 heterocycles. The van der Waals surface area contributed by atoms with E-state index in [1.54, 1.807) is 0 Å². The smallest absolute Gasteiger partial charge is 0.222 e. The second-order valence-corrected chi connectivity index (χ2v) is 5.95. The van der Waals surface area contributed by atoms with Gasteiger partial charge in [0.05, 0.1) is 0 Å². The monoisotopic (exact) mass is 273 g/mol. The first kappa shape index (κ1) is 15.1. The number of amides is 1. The lowest BCUT2D eigenvalue weighted by Gasteiger charge is -2.22. The van der Waals surface area contributed by atoms with E-state index in [-0.39, 0.29) is 0 Å². The SMILES string of the molecule is CCCN(CC1CC1)C(=O)CCc1ccc(CC)cc1. The molecule has 0 spiro atoms. The van der Waals surface area contributed by atoms with Crippen LogP contribution in [0.25, 0.3) is 0 Å². The van der Waals surface area contributed by atoms with Gasteiger partial charge in [0, 0.05) is 19.5 Å². The van der Waals surface area contributed by atoms with Crippen molar-refractivity contribution in [2.24, 2.45) is 5.92 Å². The molecule has 1 aromatic carbocycles. The van der Waals surface area contributed by atoms with Gasteiger partial charge in [0.15, 0.2) is 0 Å². The molecule has 0 radical (unpaired) electrons. The molecule has 1 aromatic rings. The van der Waals surface area contributed by atoms with Gasteiger partial charge < -0.3 is 4.90 Å². The summed E-state index contributed by atoms with van der Waals surface area (Å²) in [5, 5.41) is 0. The third-order valence-corrected chi connectivity index (χ3v) is 4.08. The van der Waals surface area contributed by atoms with E-state index in [2.05, 4.69) is 43.0 Å². The highest BCUT2D eigenvalue weighted by Crippen LogP contribution is 2.30. The topological polar surface area (TPSA) is 20.3 Å². The van der Waals surface area contributed by atoms with Crippen LogP contribution in [0, 0.1) is 5.92 Å². The molecule has 1 aliphatic carbocycles. The quantitative estimate of drug-likeness (QED) is 0.705. The minimum atomic E-state index is 0.332. The molecule has 1 aliphatic rings. The zero-order valence-corrected chi connectivity index (χ0v) is 12.9. The lowest BCUT2D eigenvalue weighted by Crippen LogP contribution is -2.33. The summed E-state index contributed by atoms with van der Waals surface area (Å²) in [4.78, 5) is 14.4. The van der Waals surface area contributed by atoms with E-state index < -0.39 is 0 Å². The third kappa shape index (κ3) is 4.66. The number of hydrogen-bond acceptors (Lipinski definition) is 1. The Morgan fingerprint density at radius 3 is 2.35 bits per heavy atom. The summed E-state index contributed by atoms with van der Waals surface area (Å²) in [6, 6.07) is 8.68. The summed E-state index contributed by atoms with van der Waals surface area (Å²) in [7, 11) is 0. The van der Waals surface area contributed by atoms with E-state index in [1.165, 1.54) is 24.0 Å². The fraction of sp³-hybridized carbons (Fsp3) is 0.611. The molecule has 2 rings (SSSR count). The van der Waals surface area contributed by atoms with Crippen molar-refractivity contribution in [3.8, 4) is 0 Å². The Kier molecular flexibility index (Phi) is 5.63. The van der Waals surface area contributed by atoms with E-state index in [0.717, 1.165) is 38.3 Å². The largest absolute Gasteiger partial charge is 0.342 e. The normalized spacial score (nSPS) is 14.3. The summed E-state index contributed by atoms with van der Waals surface area (Å²) in [5.74, 6) is 1.12. The third-order valence-electron chi connectivity index (χ3n) is 4.08. The number of nitrogens with zero attached hydrogens (tertiary/aromatic N) is 1. The fourth-order valence-corrected chi connectivity index (χ4v) is 2.55. The van der Waals surface area contributed by atoms with Gasteiger partial charge in [-0.05, 0) is 49.1 Å². The Labute approximate surface area is 123 Å². The molecule has 0 N–H and O–H groups in total. The molecule has 0 bridgehead atoms. The summed E-state index contributed by atoms with van der Waals surface area (Å²) < 4.78 is 0. The summed E-state index contributed by atoms with van der Waals surface area (Å²) in [5.41, 5.74) is 2.64. The van der Waals surface area contributed by atoms with Gasteiger partial charge in [0.1, 0.15) is 0 Å². The Balaban J connectivity index is 1.81. The summed E-state index contributed by atoms with van der Waals surface area (Å²) in [6.45, 7) is 6.22. The number of hydrogen-bond donors (Lipinski definition) is 0. The highest BCUT2D eigenvalue weighted by molar-refractivity contribution is 5.76. The van der Waals surface area contributed by atoms with Crippen LogP contribution in [0.3, 0.4) is 0 Å². The highest BCUT2D eigenvalue weighted by atomic mass is 16.2. The molecule has 2 heteroatoms. The fourth-order valence-electron chi connectivity index (χ4n) is 2.55. The maximum Gasteiger partial charge on any atom is 0.222 e. The maximum atomic E-state index is 12.3. The standard InChI is InChI=1S/C18H27NO/c1-3-13-19(14-17-9-10-17)18(20)12-11-16-7-5-15(4-2)6-8-16/h5-8,17H,3-4,9-14H2,1-2H3. The van der Waals surface area contributed by atoms with Crippen molar-refractivity contribution in [3.05, 3.63) is 35.4 Å². The van der Waals surface area contributed by atoms with Crippen LogP contribution in [0.2, 0.25) is 0 Å². The zero-order chi connectivity index (χ0) is 14.4. The van der Waals surface area contributed by atoms with Gasteiger partial charge >= 0.3 is 0 Å². The van der Waals surface area contributed by atoms with Gasteiger partial charge in [0.25, 0.3) is 0 Å². The van der Waals surface area contributed by atoms with Crippen molar-refractivity contribution >= 4 is 5.91 Å².